The number of esters is 1. The second-order valence-electron chi connectivity index (χ2n) is 13.1. The Kier molecular flexibility index (Phi) is 11.0. The molecule has 3 saturated heterocycles. The Hall–Kier alpha value is -4.77. The van der Waals surface area contributed by atoms with Crippen LogP contribution in [0.15, 0.2) is 110 Å². The van der Waals surface area contributed by atoms with Gasteiger partial charge in [0.05, 0.1) is 47.8 Å². The third kappa shape index (κ3) is 6.83. The van der Waals surface area contributed by atoms with Gasteiger partial charge in [-0.3, -0.25) is 19.2 Å². The topological polar surface area (TPSA) is 125 Å². The predicted molar refractivity (Wildman–Crippen MR) is 192 cm³/mol. The van der Waals surface area contributed by atoms with Crippen LogP contribution in [0.4, 0.5) is 5.69 Å². The number of fused-ring (bicyclic) bond motifs is 1. The van der Waals surface area contributed by atoms with Crippen LogP contribution in [0.5, 0.6) is 0 Å². The van der Waals surface area contributed by atoms with E-state index in [9.17, 15) is 24.3 Å². The van der Waals surface area contributed by atoms with Crippen LogP contribution in [0.2, 0.25) is 5.02 Å². The van der Waals surface area contributed by atoms with Gasteiger partial charge in [-0.2, -0.15) is 0 Å². The molecule has 2 bridgehead atoms. The summed E-state index contributed by atoms with van der Waals surface area (Å²) in [5.41, 5.74) is 0.346. The molecule has 0 radical (unpaired) electrons. The number of aliphatic hydroxyl groups is 1. The molecule has 3 aliphatic heterocycles. The molecule has 2 N–H and O–H groups in total. The van der Waals surface area contributed by atoms with E-state index >= 15 is 0 Å². The van der Waals surface area contributed by atoms with Crippen LogP contribution in [0.3, 0.4) is 0 Å². The molecular weight excluding hydrogens is 670 g/mol. The normalized spacial score (nSPS) is 24.4. The van der Waals surface area contributed by atoms with E-state index in [-0.39, 0.29) is 25.4 Å². The summed E-state index contributed by atoms with van der Waals surface area (Å²) < 4.78 is 12.8. The zero-order valence-electron chi connectivity index (χ0n) is 28.2. The highest BCUT2D eigenvalue weighted by Crippen LogP contribution is 2.60. The van der Waals surface area contributed by atoms with E-state index in [1.807, 2.05) is 24.3 Å². The molecule has 11 heteroatoms. The zero-order chi connectivity index (χ0) is 36.1. The molecule has 0 unspecified atom stereocenters. The molecule has 3 heterocycles. The molecule has 6 rings (SSSR count). The van der Waals surface area contributed by atoms with E-state index in [0.29, 0.717) is 41.1 Å². The van der Waals surface area contributed by atoms with E-state index in [0.717, 1.165) is 0 Å². The van der Waals surface area contributed by atoms with Gasteiger partial charge in [-0.25, -0.2) is 0 Å². The Labute approximate surface area is 302 Å². The van der Waals surface area contributed by atoms with Gasteiger partial charge in [-0.05, 0) is 42.5 Å². The number of para-hydroxylation sites is 1. The lowest BCUT2D eigenvalue weighted by Crippen LogP contribution is -2.57. The van der Waals surface area contributed by atoms with Gasteiger partial charge in [-0.1, -0.05) is 96.5 Å². The summed E-state index contributed by atoms with van der Waals surface area (Å²) in [5.74, 6) is -3.91. The molecule has 1 spiro atoms. The van der Waals surface area contributed by atoms with Crippen molar-refractivity contribution in [1.82, 2.24) is 10.2 Å². The summed E-state index contributed by atoms with van der Waals surface area (Å²) in [6.45, 7) is 7.15. The van der Waals surface area contributed by atoms with Gasteiger partial charge in [0, 0.05) is 13.0 Å². The van der Waals surface area contributed by atoms with E-state index < -0.39 is 66.1 Å². The number of hydrogen-bond donors (Lipinski definition) is 2. The first-order valence-corrected chi connectivity index (χ1v) is 17.6. The van der Waals surface area contributed by atoms with Crippen LogP contribution in [0.1, 0.15) is 49.0 Å². The molecule has 266 valence electrons. The van der Waals surface area contributed by atoms with Gasteiger partial charge in [0.1, 0.15) is 17.7 Å². The van der Waals surface area contributed by atoms with Crippen LogP contribution >= 0.6 is 11.6 Å². The Morgan fingerprint density at radius 2 is 1.69 bits per heavy atom. The fourth-order valence-corrected chi connectivity index (χ4v) is 8.14. The van der Waals surface area contributed by atoms with Gasteiger partial charge in [0.2, 0.25) is 11.8 Å². The fourth-order valence-electron chi connectivity index (χ4n) is 7.90. The smallest absolute Gasteiger partial charge is 0.313 e. The number of nitrogens with one attached hydrogen (secondary N) is 1. The first-order chi connectivity index (χ1) is 24.7. The number of nitrogens with zero attached hydrogens (tertiary/aromatic N) is 2. The van der Waals surface area contributed by atoms with E-state index in [4.69, 9.17) is 21.1 Å². The summed E-state index contributed by atoms with van der Waals surface area (Å²) in [6, 6.07) is 22.9. The van der Waals surface area contributed by atoms with Gasteiger partial charge in [0.15, 0.2) is 0 Å². The third-order valence-corrected chi connectivity index (χ3v) is 10.5. The summed E-state index contributed by atoms with van der Waals surface area (Å²) in [6.07, 6.45) is 3.20. The first-order valence-electron chi connectivity index (χ1n) is 17.2. The van der Waals surface area contributed by atoms with Crippen molar-refractivity contribution in [3.05, 3.63) is 126 Å². The monoisotopic (exact) mass is 711 g/mol. The van der Waals surface area contributed by atoms with E-state index in [1.54, 1.807) is 72.8 Å². The summed E-state index contributed by atoms with van der Waals surface area (Å²) >= 11 is 6.61. The van der Waals surface area contributed by atoms with Crippen molar-refractivity contribution in [2.24, 2.45) is 11.8 Å². The number of hydrogen-bond acceptors (Lipinski definition) is 7. The highest BCUT2D eigenvalue weighted by Gasteiger charge is 2.76. The largest absolute Gasteiger partial charge is 0.455 e. The second kappa shape index (κ2) is 15.6. The van der Waals surface area contributed by atoms with E-state index in [2.05, 4.69) is 18.5 Å². The van der Waals surface area contributed by atoms with Gasteiger partial charge in [0.25, 0.3) is 5.91 Å². The Morgan fingerprint density at radius 1 is 1.02 bits per heavy atom. The number of rotatable bonds is 15. The van der Waals surface area contributed by atoms with Crippen molar-refractivity contribution < 1.29 is 33.8 Å². The number of allylic oxidation sites excluding steroid dienone is 1. The van der Waals surface area contributed by atoms with Crippen LogP contribution in [0, 0.1) is 11.8 Å². The van der Waals surface area contributed by atoms with Crippen LogP contribution in [0.25, 0.3) is 0 Å². The molecule has 51 heavy (non-hydrogen) atoms. The molecule has 0 aliphatic carbocycles. The molecule has 3 amide bonds. The molecule has 3 fully saturated rings. The minimum absolute atomic E-state index is 0.0237. The number of benzene rings is 3. The molecule has 0 saturated carbocycles. The maximum absolute atomic E-state index is 15.0. The highest BCUT2D eigenvalue weighted by molar-refractivity contribution is 6.34. The predicted octanol–water partition coefficient (Wildman–Crippen LogP) is 5.33. The Morgan fingerprint density at radius 3 is 2.33 bits per heavy atom. The number of aliphatic hydroxyl groups excluding tert-OH is 1. The maximum Gasteiger partial charge on any atom is 0.313 e. The number of ether oxygens (including phenoxy) is 2. The maximum atomic E-state index is 15.0. The number of amides is 3. The molecular formula is C40H42ClN3O7. The van der Waals surface area contributed by atoms with Crippen LogP contribution in [-0.2, 0) is 28.7 Å². The lowest BCUT2D eigenvalue weighted by molar-refractivity contribution is -0.161. The zero-order valence-corrected chi connectivity index (χ0v) is 29.0. The molecule has 0 aromatic heterocycles. The molecule has 3 aromatic rings. The average molecular weight is 712 g/mol. The lowest BCUT2D eigenvalue weighted by atomic mass is 9.70. The van der Waals surface area contributed by atoms with Crippen molar-refractivity contribution in [2.45, 2.75) is 55.6 Å². The number of anilines is 1. The average Bonchev–Trinajstić information content (AvgIpc) is 3.80. The Balaban J connectivity index is 1.38. The van der Waals surface area contributed by atoms with Crippen LogP contribution in [-0.4, -0.2) is 71.1 Å². The highest BCUT2D eigenvalue weighted by atomic mass is 35.5. The van der Waals surface area contributed by atoms with Crippen molar-refractivity contribution >= 4 is 41.0 Å². The minimum atomic E-state index is -1.38. The Bertz CT molecular complexity index is 1770. The molecule has 3 aliphatic rings. The van der Waals surface area contributed by atoms with Gasteiger partial charge >= 0.3 is 5.97 Å². The first kappa shape index (κ1) is 36.0. The van der Waals surface area contributed by atoms with Gasteiger partial charge in [-0.15, -0.1) is 13.2 Å². The molecule has 3 aromatic carbocycles. The quantitative estimate of drug-likeness (QED) is 0.161. The fraction of sp³-hybridized carbons (Fsp3) is 0.350. The van der Waals surface area contributed by atoms with Crippen molar-refractivity contribution in [3.8, 4) is 0 Å². The van der Waals surface area contributed by atoms with Crippen molar-refractivity contribution in [2.75, 3.05) is 24.6 Å². The SMILES string of the molecule is C=CCCC(=O)NC[C@@H](OC(=O)[C@@H]1[C@@H]2CC[C@]3(O2)[C@H](C(=O)N(CC=C)c2ccccc2Cl)N([C@H](CO)c2ccccc2)C(=O)[C@@H]13)c1ccccc1. The molecule has 7 atom stereocenters. The summed E-state index contributed by atoms with van der Waals surface area (Å²) in [7, 11) is 0. The van der Waals surface area contributed by atoms with E-state index in [1.165, 1.54) is 9.80 Å². The summed E-state index contributed by atoms with van der Waals surface area (Å²) in [5, 5.41) is 14.0. The number of carbonyl (C=O) groups excluding carboxylic acids is 4. The number of likely N-dealkylation sites (tertiary alicyclic amines) is 1. The van der Waals surface area contributed by atoms with Crippen molar-refractivity contribution in [1.29, 1.82) is 0 Å². The standard InChI is InChI=1S/C40H42ClN3O7/c1-3-5-20-33(46)42-24-32(27-16-10-7-11-17-27)50-39(49)34-31-21-22-40(51-31)35(34)37(47)44(30(25-45)26-14-8-6-9-15-26)36(40)38(48)43(23-4-2)29-19-13-12-18-28(29)41/h3-4,6-19,30-32,34-36,45H,1-2,5,20-25H2,(H,42,46)/t30-,31+,32-,34-,35-,36+,40-/m1/s1. The second-order valence-corrected chi connectivity index (χ2v) is 13.5. The number of halogens is 1. The lowest BCUT2D eigenvalue weighted by Gasteiger charge is -2.39. The molecule has 10 nitrogen and oxygen atoms in total. The van der Waals surface area contributed by atoms with Gasteiger partial charge < -0.3 is 29.7 Å². The number of carbonyl (C=O) groups is 4. The third-order valence-electron chi connectivity index (χ3n) is 10.1. The van der Waals surface area contributed by atoms with Crippen LogP contribution < -0.4 is 10.2 Å². The summed E-state index contributed by atoms with van der Waals surface area (Å²) in [4.78, 5) is 59.6. The van der Waals surface area contributed by atoms with Crippen molar-refractivity contribution in [3.63, 3.8) is 0 Å². The minimum Gasteiger partial charge on any atom is -0.455 e.